The van der Waals surface area contributed by atoms with Crippen LogP contribution >= 0.6 is 0 Å². The largest absolute Gasteiger partial charge is 0.454 e. The molecule has 0 saturated carbocycles. The van der Waals surface area contributed by atoms with E-state index in [9.17, 15) is 4.39 Å². The van der Waals surface area contributed by atoms with E-state index in [1.54, 1.807) is 36.5 Å². The molecule has 0 unspecified atom stereocenters. The average molecular weight is 351 g/mol. The zero-order valence-corrected chi connectivity index (χ0v) is 13.2. The van der Waals surface area contributed by atoms with Gasteiger partial charge in [-0.25, -0.2) is 9.07 Å². The maximum absolute atomic E-state index is 13.0. The molecule has 9 heteroatoms. The lowest BCUT2D eigenvalue weighted by Crippen LogP contribution is -1.94. The summed E-state index contributed by atoms with van der Waals surface area (Å²) in [5, 5.41) is 12.0. The van der Waals surface area contributed by atoms with Gasteiger partial charge in [-0.3, -0.25) is 0 Å². The van der Waals surface area contributed by atoms with E-state index in [1.807, 2.05) is 0 Å². The number of fused-ring (bicyclic) bond motifs is 1. The molecule has 26 heavy (non-hydrogen) atoms. The third-order valence-corrected chi connectivity index (χ3v) is 3.86. The van der Waals surface area contributed by atoms with Crippen molar-refractivity contribution >= 4 is 0 Å². The second-order valence-electron chi connectivity index (χ2n) is 5.52. The molecule has 0 atom stereocenters. The van der Waals surface area contributed by atoms with E-state index in [2.05, 4.69) is 20.5 Å². The van der Waals surface area contributed by atoms with E-state index in [4.69, 9.17) is 14.0 Å². The Morgan fingerprint density at radius 3 is 2.73 bits per heavy atom. The van der Waals surface area contributed by atoms with Crippen LogP contribution in [0, 0.1) is 5.82 Å². The summed E-state index contributed by atoms with van der Waals surface area (Å²) in [5.74, 6) is 1.61. The van der Waals surface area contributed by atoms with Crippen LogP contribution in [-0.4, -0.2) is 31.9 Å². The van der Waals surface area contributed by atoms with Crippen molar-refractivity contribution in [2.24, 2.45) is 0 Å². The summed E-state index contributed by atoms with van der Waals surface area (Å²) in [6.07, 6.45) is 1.64. The first-order valence-electron chi connectivity index (χ1n) is 7.69. The molecule has 0 bridgehead atoms. The van der Waals surface area contributed by atoms with E-state index in [0.29, 0.717) is 40.2 Å². The molecular weight excluding hydrogens is 341 g/mol. The number of rotatable bonds is 3. The van der Waals surface area contributed by atoms with Gasteiger partial charge in [-0.2, -0.15) is 4.98 Å². The molecule has 5 rings (SSSR count). The molecule has 0 N–H and O–H groups in total. The fraction of sp³-hybridized carbons (Fsp3) is 0.0588. The van der Waals surface area contributed by atoms with Gasteiger partial charge < -0.3 is 14.0 Å². The van der Waals surface area contributed by atoms with Crippen molar-refractivity contribution < 1.29 is 18.4 Å². The minimum atomic E-state index is -0.319. The quantitative estimate of drug-likeness (QED) is 0.561. The Kier molecular flexibility index (Phi) is 3.17. The third kappa shape index (κ3) is 2.46. The van der Waals surface area contributed by atoms with Gasteiger partial charge in [0.15, 0.2) is 17.2 Å². The predicted octanol–water partition coefficient (Wildman–Crippen LogP) is 2.85. The Hall–Kier alpha value is -3.75. The summed E-state index contributed by atoms with van der Waals surface area (Å²) in [7, 11) is 0. The highest BCUT2D eigenvalue weighted by Crippen LogP contribution is 2.35. The molecule has 0 amide bonds. The van der Waals surface area contributed by atoms with Crippen LogP contribution in [0.5, 0.6) is 11.5 Å². The molecule has 1 aliphatic rings. The summed E-state index contributed by atoms with van der Waals surface area (Å²) >= 11 is 0. The first kappa shape index (κ1) is 14.6. The van der Waals surface area contributed by atoms with E-state index >= 15 is 0 Å². The van der Waals surface area contributed by atoms with Gasteiger partial charge in [-0.05, 0) is 42.5 Å². The van der Waals surface area contributed by atoms with Crippen molar-refractivity contribution in [2.75, 3.05) is 6.79 Å². The Balaban J connectivity index is 1.44. The average Bonchev–Trinajstić information content (AvgIpc) is 3.40. The summed E-state index contributed by atoms with van der Waals surface area (Å²) in [4.78, 5) is 4.35. The summed E-state index contributed by atoms with van der Waals surface area (Å²) in [6, 6.07) is 11.3. The van der Waals surface area contributed by atoms with E-state index < -0.39 is 0 Å². The summed E-state index contributed by atoms with van der Waals surface area (Å²) < 4.78 is 30.5. The third-order valence-electron chi connectivity index (χ3n) is 3.86. The number of nitrogens with zero attached hydrogens (tertiary/aromatic N) is 5. The fourth-order valence-corrected chi connectivity index (χ4v) is 2.56. The van der Waals surface area contributed by atoms with Gasteiger partial charge in [0.25, 0.3) is 5.89 Å². The van der Waals surface area contributed by atoms with Gasteiger partial charge in [-0.15, -0.1) is 5.10 Å². The van der Waals surface area contributed by atoms with Crippen LogP contribution < -0.4 is 9.47 Å². The highest BCUT2D eigenvalue weighted by Gasteiger charge is 2.18. The molecule has 0 radical (unpaired) electrons. The zero-order valence-electron chi connectivity index (χ0n) is 13.2. The minimum Gasteiger partial charge on any atom is -0.454 e. The van der Waals surface area contributed by atoms with Gasteiger partial charge in [0.05, 0.1) is 11.9 Å². The predicted molar refractivity (Wildman–Crippen MR) is 86.2 cm³/mol. The second-order valence-corrected chi connectivity index (χ2v) is 5.52. The smallest absolute Gasteiger partial charge is 0.258 e. The number of halogens is 1. The minimum absolute atomic E-state index is 0.195. The number of aromatic nitrogens is 5. The molecule has 4 aromatic rings. The van der Waals surface area contributed by atoms with Gasteiger partial charge >= 0.3 is 0 Å². The normalized spacial score (nSPS) is 12.5. The van der Waals surface area contributed by atoms with Crippen LogP contribution in [0.3, 0.4) is 0 Å². The highest BCUT2D eigenvalue weighted by atomic mass is 19.1. The topological polar surface area (TPSA) is 88.1 Å². The number of ether oxygens (including phenoxy) is 2. The molecule has 128 valence electrons. The maximum Gasteiger partial charge on any atom is 0.258 e. The molecule has 0 fully saturated rings. The highest BCUT2D eigenvalue weighted by molar-refractivity contribution is 5.62. The Labute approximate surface area is 145 Å². The molecule has 8 nitrogen and oxygen atoms in total. The SMILES string of the molecule is Fc1ccc(-n2cc(-c3noc(-c4ccc5c(c4)OCO5)n3)nn2)cc1. The van der Waals surface area contributed by atoms with Crippen LogP contribution in [0.4, 0.5) is 4.39 Å². The summed E-state index contributed by atoms with van der Waals surface area (Å²) in [6.45, 7) is 0.195. The van der Waals surface area contributed by atoms with Crippen LogP contribution in [-0.2, 0) is 0 Å². The van der Waals surface area contributed by atoms with Crippen LogP contribution in [0.15, 0.2) is 53.2 Å². The standard InChI is InChI=1S/C17H10FN5O3/c18-11-2-4-12(5-3-11)23-8-13(20-22-23)16-19-17(26-21-16)10-1-6-14-15(7-10)25-9-24-14/h1-8H,9H2. The number of benzene rings is 2. The Bertz CT molecular complexity index is 1090. The van der Waals surface area contributed by atoms with Crippen molar-refractivity contribution in [1.29, 1.82) is 0 Å². The molecule has 3 heterocycles. The number of hydrogen-bond donors (Lipinski definition) is 0. The van der Waals surface area contributed by atoms with Crippen molar-refractivity contribution in [3.63, 3.8) is 0 Å². The Morgan fingerprint density at radius 1 is 1.00 bits per heavy atom. The first-order chi connectivity index (χ1) is 12.8. The van der Waals surface area contributed by atoms with Crippen LogP contribution in [0.1, 0.15) is 0 Å². The molecule has 0 aliphatic carbocycles. The molecule has 0 spiro atoms. The van der Waals surface area contributed by atoms with Gasteiger partial charge in [0, 0.05) is 5.56 Å². The zero-order chi connectivity index (χ0) is 17.5. The van der Waals surface area contributed by atoms with Gasteiger partial charge in [0.1, 0.15) is 5.82 Å². The van der Waals surface area contributed by atoms with Crippen molar-refractivity contribution in [3.05, 3.63) is 54.5 Å². The molecule has 2 aromatic heterocycles. The van der Waals surface area contributed by atoms with Crippen molar-refractivity contribution in [2.45, 2.75) is 0 Å². The van der Waals surface area contributed by atoms with Crippen LogP contribution in [0.2, 0.25) is 0 Å². The molecule has 2 aromatic carbocycles. The Morgan fingerprint density at radius 2 is 1.85 bits per heavy atom. The van der Waals surface area contributed by atoms with Gasteiger partial charge in [-0.1, -0.05) is 10.4 Å². The van der Waals surface area contributed by atoms with Crippen molar-refractivity contribution in [3.8, 4) is 40.2 Å². The lowest BCUT2D eigenvalue weighted by atomic mass is 10.2. The number of hydrogen-bond acceptors (Lipinski definition) is 7. The molecular formula is C17H10FN5O3. The second kappa shape index (κ2) is 5.66. The van der Waals surface area contributed by atoms with E-state index in [1.165, 1.54) is 16.8 Å². The molecule has 0 saturated heterocycles. The van der Waals surface area contributed by atoms with Crippen molar-refractivity contribution in [1.82, 2.24) is 25.1 Å². The first-order valence-corrected chi connectivity index (χ1v) is 7.69. The fourth-order valence-electron chi connectivity index (χ4n) is 2.56. The summed E-state index contributed by atoms with van der Waals surface area (Å²) in [5.41, 5.74) is 1.81. The monoisotopic (exact) mass is 351 g/mol. The lowest BCUT2D eigenvalue weighted by Gasteiger charge is -1.97. The van der Waals surface area contributed by atoms with E-state index in [-0.39, 0.29) is 12.6 Å². The van der Waals surface area contributed by atoms with Crippen LogP contribution in [0.25, 0.3) is 28.7 Å². The molecule has 1 aliphatic heterocycles. The van der Waals surface area contributed by atoms with E-state index in [0.717, 1.165) is 0 Å². The maximum atomic E-state index is 13.0. The van der Waals surface area contributed by atoms with Gasteiger partial charge in [0.2, 0.25) is 12.6 Å². The lowest BCUT2D eigenvalue weighted by molar-refractivity contribution is 0.174.